The Bertz CT molecular complexity index is 990. The summed E-state index contributed by atoms with van der Waals surface area (Å²) in [5, 5.41) is 11.9. The van der Waals surface area contributed by atoms with Gasteiger partial charge in [-0.3, -0.25) is 19.6 Å². The van der Waals surface area contributed by atoms with Gasteiger partial charge in [0.15, 0.2) is 0 Å². The largest absolute Gasteiger partial charge is 0.489 e. The van der Waals surface area contributed by atoms with Crippen LogP contribution in [0.15, 0.2) is 54.6 Å². The van der Waals surface area contributed by atoms with E-state index in [1.165, 1.54) is 0 Å². The minimum atomic E-state index is -0.729. The smallest absolute Gasteiger partial charge is 0.245 e. The second-order valence-electron chi connectivity index (χ2n) is 9.65. The standard InChI is InChI=1S/C29H39N3O5/c1-2-3-5-12-24(20-27(33)31-36)28(34)30-26(29(35)32-17-8-9-18-32)19-22-13-15-25(16-14-22)37-21-23-10-6-4-7-11-23/h4,6-7,10-11,13-16,24,26,36H,2-3,5,8-9,12,17-21H2,1H3,(H,30,34)(H,31,33)/t24-,26+/m0/s1. The van der Waals surface area contributed by atoms with Crippen molar-refractivity contribution in [1.29, 1.82) is 0 Å². The Balaban J connectivity index is 1.67. The number of hydrogen-bond acceptors (Lipinski definition) is 5. The van der Waals surface area contributed by atoms with Gasteiger partial charge in [-0.1, -0.05) is 68.7 Å². The molecule has 1 aliphatic heterocycles. The molecule has 1 fully saturated rings. The van der Waals surface area contributed by atoms with Gasteiger partial charge in [-0.25, -0.2) is 5.48 Å². The number of nitrogens with one attached hydrogen (secondary N) is 2. The highest BCUT2D eigenvalue weighted by Gasteiger charge is 2.31. The number of ether oxygens (including phenoxy) is 1. The minimum Gasteiger partial charge on any atom is -0.489 e. The monoisotopic (exact) mass is 509 g/mol. The van der Waals surface area contributed by atoms with Crippen molar-refractivity contribution in [2.75, 3.05) is 13.1 Å². The number of benzene rings is 2. The van der Waals surface area contributed by atoms with E-state index in [0.717, 1.165) is 49.0 Å². The fourth-order valence-corrected chi connectivity index (χ4v) is 4.58. The van der Waals surface area contributed by atoms with Crippen LogP contribution in [0.25, 0.3) is 0 Å². The lowest BCUT2D eigenvalue weighted by atomic mass is 9.95. The van der Waals surface area contributed by atoms with Gasteiger partial charge < -0.3 is 15.0 Å². The molecule has 0 radical (unpaired) electrons. The van der Waals surface area contributed by atoms with Crippen LogP contribution < -0.4 is 15.5 Å². The predicted molar refractivity (Wildman–Crippen MR) is 141 cm³/mol. The summed E-state index contributed by atoms with van der Waals surface area (Å²) in [4.78, 5) is 40.2. The van der Waals surface area contributed by atoms with E-state index < -0.39 is 17.9 Å². The molecule has 8 heteroatoms. The maximum Gasteiger partial charge on any atom is 0.245 e. The Morgan fingerprint density at radius 1 is 0.973 bits per heavy atom. The number of hydrogen-bond donors (Lipinski definition) is 3. The molecule has 0 unspecified atom stereocenters. The molecule has 0 aromatic heterocycles. The van der Waals surface area contributed by atoms with Crippen molar-refractivity contribution in [2.24, 2.45) is 5.92 Å². The number of nitrogens with zero attached hydrogens (tertiary/aromatic N) is 1. The average Bonchev–Trinajstić information content (AvgIpc) is 3.47. The maximum atomic E-state index is 13.3. The summed E-state index contributed by atoms with van der Waals surface area (Å²) in [6, 6.07) is 16.8. The maximum absolute atomic E-state index is 13.3. The zero-order valence-corrected chi connectivity index (χ0v) is 21.7. The number of carbonyl (C=O) groups excluding carboxylic acids is 3. The molecular formula is C29H39N3O5. The Hall–Kier alpha value is -3.39. The number of likely N-dealkylation sites (tertiary alicyclic amines) is 1. The molecule has 1 aliphatic rings. The summed E-state index contributed by atoms with van der Waals surface area (Å²) in [5.41, 5.74) is 3.60. The van der Waals surface area contributed by atoms with E-state index in [0.29, 0.717) is 32.5 Å². The van der Waals surface area contributed by atoms with E-state index in [2.05, 4.69) is 12.2 Å². The van der Waals surface area contributed by atoms with Crippen LogP contribution >= 0.6 is 0 Å². The summed E-state index contributed by atoms with van der Waals surface area (Å²) in [5.74, 6) is -0.925. The molecule has 0 spiro atoms. The van der Waals surface area contributed by atoms with Crippen LogP contribution in [0.5, 0.6) is 5.75 Å². The van der Waals surface area contributed by atoms with Gasteiger partial charge in [0.25, 0.3) is 0 Å². The first kappa shape index (κ1) is 28.2. The van der Waals surface area contributed by atoms with Gasteiger partial charge in [-0.05, 0) is 42.5 Å². The summed E-state index contributed by atoms with van der Waals surface area (Å²) in [6.45, 7) is 3.90. The van der Waals surface area contributed by atoms with Crippen molar-refractivity contribution in [3.05, 3.63) is 65.7 Å². The van der Waals surface area contributed by atoms with Gasteiger partial charge in [0.2, 0.25) is 17.7 Å². The molecule has 3 N–H and O–H groups in total. The minimum absolute atomic E-state index is 0.103. The molecule has 0 aliphatic carbocycles. The quantitative estimate of drug-likeness (QED) is 0.203. The van der Waals surface area contributed by atoms with Gasteiger partial charge in [-0.15, -0.1) is 0 Å². The molecular weight excluding hydrogens is 470 g/mol. The Labute approximate surface area is 219 Å². The Morgan fingerprint density at radius 3 is 2.32 bits per heavy atom. The van der Waals surface area contributed by atoms with Gasteiger partial charge in [0.05, 0.1) is 0 Å². The van der Waals surface area contributed by atoms with Crippen LogP contribution in [0.2, 0.25) is 0 Å². The van der Waals surface area contributed by atoms with E-state index in [1.807, 2.05) is 54.6 Å². The van der Waals surface area contributed by atoms with Crippen molar-refractivity contribution in [2.45, 2.75) is 70.9 Å². The summed E-state index contributed by atoms with van der Waals surface area (Å²) in [6.07, 6.45) is 5.37. The summed E-state index contributed by atoms with van der Waals surface area (Å²) in [7, 11) is 0. The molecule has 200 valence electrons. The third kappa shape index (κ3) is 9.21. The van der Waals surface area contributed by atoms with Gasteiger partial charge in [0.1, 0.15) is 18.4 Å². The lowest BCUT2D eigenvalue weighted by molar-refractivity contribution is -0.138. The molecule has 1 saturated heterocycles. The molecule has 2 aromatic rings. The molecule has 8 nitrogen and oxygen atoms in total. The normalized spacial score (nSPS) is 14.6. The third-order valence-electron chi connectivity index (χ3n) is 6.73. The number of rotatable bonds is 14. The van der Waals surface area contributed by atoms with E-state index in [4.69, 9.17) is 9.94 Å². The summed E-state index contributed by atoms with van der Waals surface area (Å²) >= 11 is 0. The second kappa shape index (κ2) is 15.0. The Morgan fingerprint density at radius 2 is 1.68 bits per heavy atom. The van der Waals surface area contributed by atoms with Crippen LogP contribution in [0.1, 0.15) is 63.0 Å². The van der Waals surface area contributed by atoms with Crippen molar-refractivity contribution >= 4 is 17.7 Å². The molecule has 37 heavy (non-hydrogen) atoms. The highest BCUT2D eigenvalue weighted by Crippen LogP contribution is 2.19. The SMILES string of the molecule is CCCCC[C@@H](CC(=O)NO)C(=O)N[C@H](Cc1ccc(OCc2ccccc2)cc1)C(=O)N1CCCC1. The van der Waals surface area contributed by atoms with Crippen molar-refractivity contribution in [3.63, 3.8) is 0 Å². The third-order valence-corrected chi connectivity index (χ3v) is 6.73. The van der Waals surface area contributed by atoms with Gasteiger partial charge in [-0.2, -0.15) is 0 Å². The molecule has 0 bridgehead atoms. The highest BCUT2D eigenvalue weighted by atomic mass is 16.5. The zero-order chi connectivity index (χ0) is 26.5. The molecule has 0 saturated carbocycles. The van der Waals surface area contributed by atoms with Crippen LogP contribution in [0.4, 0.5) is 0 Å². The molecule has 1 heterocycles. The molecule has 2 aromatic carbocycles. The van der Waals surface area contributed by atoms with E-state index in [1.54, 1.807) is 10.4 Å². The lowest BCUT2D eigenvalue weighted by Gasteiger charge is -2.26. The van der Waals surface area contributed by atoms with E-state index in [9.17, 15) is 14.4 Å². The first-order valence-electron chi connectivity index (χ1n) is 13.3. The Kier molecular flexibility index (Phi) is 11.4. The first-order valence-corrected chi connectivity index (χ1v) is 13.3. The van der Waals surface area contributed by atoms with E-state index >= 15 is 0 Å². The fraction of sp³-hybridized carbons (Fsp3) is 0.483. The van der Waals surface area contributed by atoms with Crippen LogP contribution in [-0.4, -0.2) is 47.0 Å². The van der Waals surface area contributed by atoms with Crippen LogP contribution in [0, 0.1) is 5.92 Å². The fourth-order valence-electron chi connectivity index (χ4n) is 4.58. The number of amides is 3. The van der Waals surface area contributed by atoms with Crippen LogP contribution in [-0.2, 0) is 27.4 Å². The van der Waals surface area contributed by atoms with Crippen LogP contribution in [0.3, 0.4) is 0 Å². The van der Waals surface area contributed by atoms with Crippen molar-refractivity contribution < 1.29 is 24.3 Å². The summed E-state index contributed by atoms with van der Waals surface area (Å²) < 4.78 is 5.87. The average molecular weight is 510 g/mol. The van der Waals surface area contributed by atoms with Crippen molar-refractivity contribution in [3.8, 4) is 5.75 Å². The van der Waals surface area contributed by atoms with Gasteiger partial charge in [0, 0.05) is 31.8 Å². The topological polar surface area (TPSA) is 108 Å². The first-order chi connectivity index (χ1) is 18.0. The van der Waals surface area contributed by atoms with Gasteiger partial charge >= 0.3 is 0 Å². The lowest BCUT2D eigenvalue weighted by Crippen LogP contribution is -2.50. The molecule has 3 amide bonds. The number of unbranched alkanes of at least 4 members (excludes halogenated alkanes) is 2. The predicted octanol–water partition coefficient (Wildman–Crippen LogP) is 4.01. The number of carbonyl (C=O) groups is 3. The number of hydroxylamine groups is 1. The molecule has 2 atom stereocenters. The zero-order valence-electron chi connectivity index (χ0n) is 21.7. The van der Waals surface area contributed by atoms with E-state index in [-0.39, 0.29) is 18.2 Å². The molecule has 3 rings (SSSR count). The highest BCUT2D eigenvalue weighted by molar-refractivity contribution is 5.90. The van der Waals surface area contributed by atoms with Crippen molar-refractivity contribution in [1.82, 2.24) is 15.7 Å². The second-order valence-corrected chi connectivity index (χ2v) is 9.65.